The zero-order valence-corrected chi connectivity index (χ0v) is 10.3. The van der Waals surface area contributed by atoms with Gasteiger partial charge in [-0.25, -0.2) is 4.39 Å². The van der Waals surface area contributed by atoms with E-state index in [1.807, 2.05) is 0 Å². The molecule has 4 N–H and O–H groups in total. The fraction of sp³-hybridized carbons (Fsp3) is 0.455. The number of benzene rings is 1. The quantitative estimate of drug-likeness (QED) is 0.887. The molecular weight excluding hydrogens is 259 g/mol. The third-order valence-corrected chi connectivity index (χ3v) is 2.82. The molecule has 0 aromatic heterocycles. The van der Waals surface area contributed by atoms with Crippen molar-refractivity contribution < 1.29 is 4.39 Å². The van der Waals surface area contributed by atoms with E-state index in [1.165, 1.54) is 0 Å². The second-order valence-corrected chi connectivity index (χ2v) is 4.58. The number of nitrogens with two attached hydrogens (primary N) is 2. The lowest BCUT2D eigenvalue weighted by molar-refractivity contribution is 0.548. The first kappa shape index (κ1) is 12.6. The Morgan fingerprint density at radius 2 is 2.13 bits per heavy atom. The van der Waals surface area contributed by atoms with E-state index in [2.05, 4.69) is 15.9 Å². The van der Waals surface area contributed by atoms with E-state index in [0.29, 0.717) is 24.1 Å². The highest BCUT2D eigenvalue weighted by Crippen LogP contribution is 2.25. The van der Waals surface area contributed by atoms with Crippen molar-refractivity contribution in [3.63, 3.8) is 0 Å². The summed E-state index contributed by atoms with van der Waals surface area (Å²) in [4.78, 5) is 0. The molecule has 0 spiro atoms. The average molecular weight is 275 g/mol. The Balaban J connectivity index is 2.92. The molecule has 1 rings (SSSR count). The Morgan fingerprint density at radius 3 is 2.73 bits per heavy atom. The number of hydrogen-bond donors (Lipinski definition) is 2. The molecule has 0 saturated heterocycles. The van der Waals surface area contributed by atoms with Gasteiger partial charge < -0.3 is 11.5 Å². The molecule has 0 aliphatic rings. The highest BCUT2D eigenvalue weighted by Gasteiger charge is 2.13. The van der Waals surface area contributed by atoms with Gasteiger partial charge in [-0.2, -0.15) is 0 Å². The zero-order chi connectivity index (χ0) is 11.4. The third kappa shape index (κ3) is 3.26. The van der Waals surface area contributed by atoms with Crippen molar-refractivity contribution in [3.05, 3.63) is 33.5 Å². The van der Waals surface area contributed by atoms with Crippen molar-refractivity contribution in [1.29, 1.82) is 0 Å². The Hall–Kier alpha value is -0.450. The van der Waals surface area contributed by atoms with Crippen LogP contribution in [0.25, 0.3) is 0 Å². The predicted molar refractivity (Wildman–Crippen MR) is 64.1 cm³/mol. The lowest BCUT2D eigenvalue weighted by Crippen LogP contribution is -2.14. The van der Waals surface area contributed by atoms with Crippen LogP contribution in [0, 0.1) is 12.7 Å². The summed E-state index contributed by atoms with van der Waals surface area (Å²) in [5.41, 5.74) is 12.5. The molecule has 0 unspecified atom stereocenters. The van der Waals surface area contributed by atoms with E-state index in [1.54, 1.807) is 19.1 Å². The molecule has 0 fully saturated rings. The van der Waals surface area contributed by atoms with Crippen molar-refractivity contribution in [1.82, 2.24) is 0 Å². The van der Waals surface area contributed by atoms with Crippen molar-refractivity contribution in [2.24, 2.45) is 11.5 Å². The fourth-order valence-electron chi connectivity index (χ4n) is 1.51. The lowest BCUT2D eigenvalue weighted by atomic mass is 10.0. The van der Waals surface area contributed by atoms with Crippen LogP contribution in [0.4, 0.5) is 4.39 Å². The minimum absolute atomic E-state index is 0.206. The molecule has 0 amide bonds. The van der Waals surface area contributed by atoms with Crippen LogP contribution in [0.2, 0.25) is 0 Å². The summed E-state index contributed by atoms with van der Waals surface area (Å²) >= 11 is 3.34. The molecule has 4 heteroatoms. The zero-order valence-electron chi connectivity index (χ0n) is 8.76. The molecule has 0 heterocycles. The summed E-state index contributed by atoms with van der Waals surface area (Å²) in [7, 11) is 0. The van der Waals surface area contributed by atoms with Crippen LogP contribution >= 0.6 is 15.9 Å². The molecular formula is C11H16BrFN2. The summed E-state index contributed by atoms with van der Waals surface area (Å²) < 4.78 is 14.6. The van der Waals surface area contributed by atoms with Gasteiger partial charge in [-0.05, 0) is 44.0 Å². The maximum Gasteiger partial charge on any atom is 0.130 e. The number of hydrogen-bond acceptors (Lipinski definition) is 2. The van der Waals surface area contributed by atoms with Crippen LogP contribution in [0.1, 0.15) is 30.0 Å². The minimum Gasteiger partial charge on any atom is -0.330 e. The van der Waals surface area contributed by atoms with Gasteiger partial charge in [0.2, 0.25) is 0 Å². The topological polar surface area (TPSA) is 52.0 Å². The smallest absolute Gasteiger partial charge is 0.130 e. The van der Waals surface area contributed by atoms with Gasteiger partial charge in [-0.15, -0.1) is 0 Å². The molecule has 1 aromatic rings. The van der Waals surface area contributed by atoms with E-state index in [-0.39, 0.29) is 11.9 Å². The first-order valence-corrected chi connectivity index (χ1v) is 5.76. The molecule has 1 atom stereocenters. The van der Waals surface area contributed by atoms with Crippen molar-refractivity contribution in [2.45, 2.75) is 25.8 Å². The van der Waals surface area contributed by atoms with Crippen LogP contribution in [-0.4, -0.2) is 6.54 Å². The fourth-order valence-corrected chi connectivity index (χ4v) is 2.10. The summed E-state index contributed by atoms with van der Waals surface area (Å²) in [5, 5.41) is 0. The van der Waals surface area contributed by atoms with Crippen LogP contribution in [0.5, 0.6) is 0 Å². The van der Waals surface area contributed by atoms with Gasteiger partial charge in [0.15, 0.2) is 0 Å². The number of rotatable bonds is 4. The number of halogens is 2. The van der Waals surface area contributed by atoms with Crippen molar-refractivity contribution in [3.8, 4) is 0 Å². The van der Waals surface area contributed by atoms with E-state index in [0.717, 1.165) is 10.9 Å². The molecule has 0 aliphatic heterocycles. The van der Waals surface area contributed by atoms with E-state index in [9.17, 15) is 4.39 Å². The Kier molecular flexibility index (Phi) is 4.70. The van der Waals surface area contributed by atoms with E-state index < -0.39 is 0 Å². The van der Waals surface area contributed by atoms with Gasteiger partial charge >= 0.3 is 0 Å². The van der Waals surface area contributed by atoms with Crippen molar-refractivity contribution >= 4 is 15.9 Å². The summed E-state index contributed by atoms with van der Waals surface area (Å²) in [6, 6.07) is 3.21. The Bertz CT molecular complexity index is 342. The van der Waals surface area contributed by atoms with E-state index in [4.69, 9.17) is 11.5 Å². The average Bonchev–Trinajstić information content (AvgIpc) is 2.19. The first-order valence-electron chi connectivity index (χ1n) is 4.97. The Morgan fingerprint density at radius 1 is 1.47 bits per heavy atom. The van der Waals surface area contributed by atoms with Gasteiger partial charge in [-0.3, -0.25) is 0 Å². The van der Waals surface area contributed by atoms with Gasteiger partial charge in [-0.1, -0.05) is 15.9 Å². The Labute approximate surface area is 98.0 Å². The lowest BCUT2D eigenvalue weighted by Gasteiger charge is -2.14. The van der Waals surface area contributed by atoms with Gasteiger partial charge in [0.1, 0.15) is 5.82 Å². The molecule has 15 heavy (non-hydrogen) atoms. The molecule has 84 valence electrons. The van der Waals surface area contributed by atoms with Crippen molar-refractivity contribution in [2.75, 3.05) is 6.54 Å². The first-order chi connectivity index (χ1) is 7.06. The molecule has 0 bridgehead atoms. The summed E-state index contributed by atoms with van der Waals surface area (Å²) in [6.07, 6.45) is 1.52. The van der Waals surface area contributed by atoms with E-state index >= 15 is 0 Å². The molecule has 1 aromatic carbocycles. The minimum atomic E-state index is -0.273. The second-order valence-electron chi connectivity index (χ2n) is 3.66. The predicted octanol–water partition coefficient (Wildman–Crippen LogP) is 2.64. The number of aryl methyl sites for hydroxylation is 1. The highest BCUT2D eigenvalue weighted by atomic mass is 79.9. The summed E-state index contributed by atoms with van der Waals surface area (Å²) in [6.45, 7) is 2.32. The van der Waals surface area contributed by atoms with Gasteiger partial charge in [0.25, 0.3) is 0 Å². The monoisotopic (exact) mass is 274 g/mol. The van der Waals surface area contributed by atoms with Crippen LogP contribution in [0.15, 0.2) is 16.6 Å². The van der Waals surface area contributed by atoms with Crippen LogP contribution in [0.3, 0.4) is 0 Å². The maximum absolute atomic E-state index is 13.7. The molecule has 0 radical (unpaired) electrons. The maximum atomic E-state index is 13.7. The summed E-state index contributed by atoms with van der Waals surface area (Å²) in [5.74, 6) is -0.206. The van der Waals surface area contributed by atoms with Crippen LogP contribution < -0.4 is 11.5 Å². The van der Waals surface area contributed by atoms with Gasteiger partial charge in [0, 0.05) is 16.1 Å². The molecule has 0 aliphatic carbocycles. The second kappa shape index (κ2) is 5.58. The third-order valence-electron chi connectivity index (χ3n) is 2.37. The highest BCUT2D eigenvalue weighted by molar-refractivity contribution is 9.10. The largest absolute Gasteiger partial charge is 0.330 e. The standard InChI is InChI=1S/C11H16BrFN2/c1-7-5-8(12)6-9(11(7)13)10(15)3-2-4-14/h5-6,10H,2-4,14-15H2,1H3/t10-/m0/s1. The van der Waals surface area contributed by atoms with Crippen LogP contribution in [-0.2, 0) is 0 Å². The normalized spacial score (nSPS) is 12.9. The molecule has 2 nitrogen and oxygen atoms in total. The molecule has 0 saturated carbocycles. The SMILES string of the molecule is Cc1cc(Br)cc([C@@H](N)CCCN)c1F. The van der Waals surface area contributed by atoms with Gasteiger partial charge in [0.05, 0.1) is 0 Å².